The van der Waals surface area contributed by atoms with Crippen molar-refractivity contribution in [3.05, 3.63) is 18.2 Å². The minimum atomic E-state index is -3.66. The summed E-state index contributed by atoms with van der Waals surface area (Å²) in [5, 5.41) is 2.82. The van der Waals surface area contributed by atoms with Gasteiger partial charge in [0.05, 0.1) is 12.1 Å². The highest BCUT2D eigenvalue weighted by atomic mass is 32.2. The second kappa shape index (κ2) is 8.16. The first-order valence-corrected chi connectivity index (χ1v) is 11.2. The molecule has 150 valence electrons. The summed E-state index contributed by atoms with van der Waals surface area (Å²) in [5.41, 5.74) is 5.83. The van der Waals surface area contributed by atoms with Gasteiger partial charge in [0.15, 0.2) is 0 Å². The Morgan fingerprint density at radius 3 is 2.48 bits per heavy atom. The van der Waals surface area contributed by atoms with Gasteiger partial charge in [-0.3, -0.25) is 4.79 Å². The maximum atomic E-state index is 13.0. The van der Waals surface area contributed by atoms with Crippen LogP contribution in [-0.4, -0.2) is 43.9 Å². The monoisotopic (exact) mass is 395 g/mol. The van der Waals surface area contributed by atoms with E-state index in [0.717, 1.165) is 32.1 Å². The van der Waals surface area contributed by atoms with E-state index in [1.807, 2.05) is 6.92 Å². The normalized spacial score (nSPS) is 20.4. The number of ether oxygens (including phenoxy) is 1. The van der Waals surface area contributed by atoms with Crippen molar-refractivity contribution in [2.45, 2.75) is 62.3 Å². The molecule has 0 atom stereocenters. The Kier molecular flexibility index (Phi) is 6.08. The van der Waals surface area contributed by atoms with E-state index in [-0.39, 0.29) is 10.8 Å². The van der Waals surface area contributed by atoms with Crippen molar-refractivity contribution in [3.8, 4) is 5.75 Å². The number of nitrogens with zero attached hydrogens (tertiary/aromatic N) is 1. The summed E-state index contributed by atoms with van der Waals surface area (Å²) in [6.45, 7) is 3.19. The van der Waals surface area contributed by atoms with Gasteiger partial charge >= 0.3 is 0 Å². The Morgan fingerprint density at radius 2 is 1.85 bits per heavy atom. The van der Waals surface area contributed by atoms with Crippen LogP contribution in [0.1, 0.15) is 51.9 Å². The van der Waals surface area contributed by atoms with E-state index in [1.165, 1.54) is 10.4 Å². The van der Waals surface area contributed by atoms with Crippen molar-refractivity contribution < 1.29 is 17.9 Å². The third-order valence-electron chi connectivity index (χ3n) is 5.38. The SMILES string of the molecule is CCOc1ccc(NC(=O)C2(N)CCCCC2)cc1S(=O)(=O)N1CCCC1. The zero-order chi connectivity index (χ0) is 19.5. The van der Waals surface area contributed by atoms with E-state index in [0.29, 0.717) is 44.0 Å². The molecule has 2 aliphatic rings. The second-order valence-corrected chi connectivity index (χ2v) is 9.28. The molecule has 1 aliphatic heterocycles. The first kappa shape index (κ1) is 20.1. The first-order valence-electron chi connectivity index (χ1n) is 9.74. The molecule has 27 heavy (non-hydrogen) atoms. The Bertz CT molecular complexity index is 782. The van der Waals surface area contributed by atoms with Crippen molar-refractivity contribution in [1.82, 2.24) is 4.31 Å². The summed E-state index contributed by atoms with van der Waals surface area (Å²) in [6, 6.07) is 4.76. The molecule has 0 spiro atoms. The average molecular weight is 396 g/mol. The van der Waals surface area contributed by atoms with Gasteiger partial charge in [0.1, 0.15) is 10.6 Å². The summed E-state index contributed by atoms with van der Waals surface area (Å²) in [6.07, 6.45) is 5.96. The Morgan fingerprint density at radius 1 is 1.19 bits per heavy atom. The molecule has 2 fully saturated rings. The third-order valence-corrected chi connectivity index (χ3v) is 7.30. The minimum Gasteiger partial charge on any atom is -0.492 e. The molecule has 1 aromatic rings. The van der Waals surface area contributed by atoms with Crippen LogP contribution in [0.4, 0.5) is 5.69 Å². The van der Waals surface area contributed by atoms with Gasteiger partial charge in [0.25, 0.3) is 0 Å². The van der Waals surface area contributed by atoms with Crippen LogP contribution in [0.25, 0.3) is 0 Å². The summed E-state index contributed by atoms with van der Waals surface area (Å²) in [7, 11) is -3.66. The van der Waals surface area contributed by atoms with Crippen molar-refractivity contribution in [1.29, 1.82) is 0 Å². The van der Waals surface area contributed by atoms with Crippen molar-refractivity contribution in [2.75, 3.05) is 25.0 Å². The average Bonchev–Trinajstić information content (AvgIpc) is 3.19. The number of carbonyl (C=O) groups is 1. The minimum absolute atomic E-state index is 0.0961. The lowest BCUT2D eigenvalue weighted by Crippen LogP contribution is -2.52. The predicted octanol–water partition coefficient (Wildman–Crippen LogP) is 2.47. The molecule has 1 aromatic carbocycles. The Labute approximate surface area is 161 Å². The van der Waals surface area contributed by atoms with Crippen LogP contribution in [-0.2, 0) is 14.8 Å². The molecule has 1 saturated heterocycles. The maximum Gasteiger partial charge on any atom is 0.246 e. The molecule has 8 heteroatoms. The van der Waals surface area contributed by atoms with Gasteiger partial charge in [-0.1, -0.05) is 19.3 Å². The topological polar surface area (TPSA) is 102 Å². The van der Waals surface area contributed by atoms with Gasteiger partial charge in [-0.2, -0.15) is 4.31 Å². The van der Waals surface area contributed by atoms with Gasteiger partial charge in [0, 0.05) is 18.8 Å². The Hall–Kier alpha value is -1.64. The molecule has 1 amide bonds. The van der Waals surface area contributed by atoms with Crippen LogP contribution in [0.3, 0.4) is 0 Å². The van der Waals surface area contributed by atoms with Gasteiger partial charge in [-0.15, -0.1) is 0 Å². The Balaban J connectivity index is 1.88. The largest absolute Gasteiger partial charge is 0.492 e. The predicted molar refractivity (Wildman–Crippen MR) is 104 cm³/mol. The number of nitrogens with one attached hydrogen (secondary N) is 1. The van der Waals surface area contributed by atoms with Gasteiger partial charge < -0.3 is 15.8 Å². The summed E-state index contributed by atoms with van der Waals surface area (Å²) >= 11 is 0. The molecular formula is C19H29N3O4S. The molecule has 3 rings (SSSR count). The molecule has 0 aromatic heterocycles. The van der Waals surface area contributed by atoms with Crippen molar-refractivity contribution in [2.24, 2.45) is 5.73 Å². The molecule has 3 N–H and O–H groups in total. The van der Waals surface area contributed by atoms with E-state index in [1.54, 1.807) is 12.1 Å². The number of hydrogen-bond donors (Lipinski definition) is 2. The second-order valence-electron chi connectivity index (χ2n) is 7.38. The van der Waals surface area contributed by atoms with Crippen LogP contribution in [0.15, 0.2) is 23.1 Å². The van der Waals surface area contributed by atoms with Crippen LogP contribution in [0.2, 0.25) is 0 Å². The molecule has 1 saturated carbocycles. The summed E-state index contributed by atoms with van der Waals surface area (Å²) in [4.78, 5) is 12.8. The number of rotatable bonds is 6. The number of benzene rings is 1. The molecule has 0 unspecified atom stereocenters. The molecule has 1 aliphatic carbocycles. The van der Waals surface area contributed by atoms with Crippen LogP contribution >= 0.6 is 0 Å². The molecule has 1 heterocycles. The highest BCUT2D eigenvalue weighted by Gasteiger charge is 2.36. The number of carbonyl (C=O) groups excluding carboxylic acids is 1. The van der Waals surface area contributed by atoms with Gasteiger partial charge in [-0.05, 0) is 50.8 Å². The van der Waals surface area contributed by atoms with E-state index in [4.69, 9.17) is 10.5 Å². The lowest BCUT2D eigenvalue weighted by Gasteiger charge is -2.31. The van der Waals surface area contributed by atoms with Gasteiger partial charge in [-0.25, -0.2) is 8.42 Å². The highest BCUT2D eigenvalue weighted by molar-refractivity contribution is 7.89. The van der Waals surface area contributed by atoms with E-state index < -0.39 is 15.6 Å². The van der Waals surface area contributed by atoms with E-state index >= 15 is 0 Å². The zero-order valence-electron chi connectivity index (χ0n) is 15.9. The lowest BCUT2D eigenvalue weighted by molar-refractivity contribution is -0.122. The third kappa shape index (κ3) is 4.28. The van der Waals surface area contributed by atoms with Gasteiger partial charge in [0.2, 0.25) is 15.9 Å². The molecule has 7 nitrogen and oxygen atoms in total. The fourth-order valence-corrected chi connectivity index (χ4v) is 5.47. The highest BCUT2D eigenvalue weighted by Crippen LogP contribution is 2.33. The first-order chi connectivity index (χ1) is 12.9. The zero-order valence-corrected chi connectivity index (χ0v) is 16.7. The number of amides is 1. The fourth-order valence-electron chi connectivity index (χ4n) is 3.80. The maximum absolute atomic E-state index is 13.0. The van der Waals surface area contributed by atoms with Crippen LogP contribution < -0.4 is 15.8 Å². The summed E-state index contributed by atoms with van der Waals surface area (Å²) in [5.74, 6) is 0.0541. The summed E-state index contributed by atoms with van der Waals surface area (Å²) < 4.78 is 33.1. The van der Waals surface area contributed by atoms with Crippen LogP contribution in [0, 0.1) is 0 Å². The quantitative estimate of drug-likeness (QED) is 0.770. The van der Waals surface area contributed by atoms with Crippen molar-refractivity contribution in [3.63, 3.8) is 0 Å². The fraction of sp³-hybridized carbons (Fsp3) is 0.632. The number of anilines is 1. The van der Waals surface area contributed by atoms with Crippen LogP contribution in [0.5, 0.6) is 5.75 Å². The van der Waals surface area contributed by atoms with Crippen molar-refractivity contribution >= 4 is 21.6 Å². The standard InChI is InChI=1S/C19H29N3O4S/c1-2-26-16-9-8-15(21-18(23)19(20)10-4-3-5-11-19)14-17(16)27(24,25)22-12-6-7-13-22/h8-9,14H,2-7,10-13,20H2,1H3,(H,21,23). The smallest absolute Gasteiger partial charge is 0.246 e. The lowest BCUT2D eigenvalue weighted by atomic mass is 9.82. The molecule has 0 bridgehead atoms. The number of sulfonamides is 1. The van der Waals surface area contributed by atoms with E-state index in [9.17, 15) is 13.2 Å². The number of nitrogens with two attached hydrogens (primary N) is 1. The molecular weight excluding hydrogens is 366 g/mol. The number of hydrogen-bond acceptors (Lipinski definition) is 5. The molecule has 0 radical (unpaired) electrons. The van der Waals surface area contributed by atoms with E-state index in [2.05, 4.69) is 5.32 Å².